The molecule has 0 saturated carbocycles. The van der Waals surface area contributed by atoms with Crippen LogP contribution in [-0.4, -0.2) is 59.2 Å². The first kappa shape index (κ1) is 22.7. The number of likely N-dealkylation sites (tertiary alicyclic amines) is 1. The Balaban J connectivity index is 1.10. The minimum atomic E-state index is -0.784. The molecular weight excluding hydrogens is 456 g/mol. The fourth-order valence-corrected chi connectivity index (χ4v) is 4.25. The van der Waals surface area contributed by atoms with Crippen LogP contribution in [0.5, 0.6) is 5.75 Å². The summed E-state index contributed by atoms with van der Waals surface area (Å²) < 4.78 is 32.8. The molecule has 10 heteroatoms. The van der Waals surface area contributed by atoms with Crippen LogP contribution in [0, 0.1) is 17.6 Å². The molecule has 2 saturated heterocycles. The number of hydrogen-bond acceptors (Lipinski definition) is 6. The van der Waals surface area contributed by atoms with Gasteiger partial charge in [0.15, 0.2) is 0 Å². The zero-order valence-corrected chi connectivity index (χ0v) is 18.7. The first-order valence-corrected chi connectivity index (χ1v) is 11.3. The minimum Gasteiger partial charge on any atom is -0.489 e. The Morgan fingerprint density at radius 3 is 2.40 bits per heavy atom. The topological polar surface area (TPSA) is 87.7 Å². The third kappa shape index (κ3) is 5.21. The minimum absolute atomic E-state index is 0.0183. The number of nitrogens with one attached hydrogen (secondary N) is 1. The molecule has 35 heavy (non-hydrogen) atoms. The Labute approximate surface area is 200 Å². The molecule has 0 spiro atoms. The summed E-state index contributed by atoms with van der Waals surface area (Å²) in [5, 5.41) is 10.5. The molecule has 8 nitrogen and oxygen atoms in total. The van der Waals surface area contributed by atoms with Crippen LogP contribution in [0.2, 0.25) is 0 Å². The molecule has 1 N–H and O–H groups in total. The number of halogens is 2. The Morgan fingerprint density at radius 1 is 0.971 bits per heavy atom. The number of benzene rings is 2. The third-order valence-electron chi connectivity index (χ3n) is 6.15. The number of hydrogen-bond donors (Lipinski definition) is 1. The van der Waals surface area contributed by atoms with Gasteiger partial charge in [-0.3, -0.25) is 9.59 Å². The number of rotatable bonds is 6. The van der Waals surface area contributed by atoms with E-state index in [4.69, 9.17) is 4.74 Å². The van der Waals surface area contributed by atoms with Gasteiger partial charge in [0.05, 0.1) is 30.5 Å². The van der Waals surface area contributed by atoms with E-state index >= 15 is 0 Å². The molecule has 0 aliphatic carbocycles. The van der Waals surface area contributed by atoms with Crippen LogP contribution in [0.1, 0.15) is 16.8 Å². The third-order valence-corrected chi connectivity index (χ3v) is 6.15. The Hall–Kier alpha value is -4.08. The van der Waals surface area contributed by atoms with Crippen LogP contribution in [0.25, 0.3) is 0 Å². The summed E-state index contributed by atoms with van der Waals surface area (Å²) in [6.07, 6.45) is 3.67. The lowest BCUT2D eigenvalue weighted by atomic mass is 9.98. The average Bonchev–Trinajstić information content (AvgIpc) is 3.27. The summed E-state index contributed by atoms with van der Waals surface area (Å²) in [6, 6.07) is 11.7. The van der Waals surface area contributed by atoms with Gasteiger partial charge in [-0.25, -0.2) is 8.78 Å². The number of anilines is 2. The van der Waals surface area contributed by atoms with E-state index in [1.165, 1.54) is 4.90 Å². The maximum Gasteiger partial charge on any atom is 0.254 e. The quantitative estimate of drug-likeness (QED) is 0.585. The summed E-state index contributed by atoms with van der Waals surface area (Å²) in [6.45, 7) is 2.00. The van der Waals surface area contributed by atoms with E-state index in [-0.39, 0.29) is 23.5 Å². The van der Waals surface area contributed by atoms with Crippen LogP contribution < -0.4 is 15.0 Å². The molecule has 2 fully saturated rings. The fourth-order valence-electron chi connectivity index (χ4n) is 4.25. The van der Waals surface area contributed by atoms with Gasteiger partial charge in [0.25, 0.3) is 5.91 Å². The summed E-state index contributed by atoms with van der Waals surface area (Å²) >= 11 is 0. The molecule has 2 aliphatic heterocycles. The summed E-state index contributed by atoms with van der Waals surface area (Å²) in [5.41, 5.74) is 1.60. The van der Waals surface area contributed by atoms with Gasteiger partial charge in [0, 0.05) is 43.4 Å². The van der Waals surface area contributed by atoms with Crippen molar-refractivity contribution in [2.24, 2.45) is 5.92 Å². The molecule has 0 radical (unpaired) electrons. The maximum absolute atomic E-state index is 13.4. The van der Waals surface area contributed by atoms with Crippen molar-refractivity contribution in [3.63, 3.8) is 0 Å². The second kappa shape index (κ2) is 9.65. The number of ether oxygens (including phenoxy) is 1. The molecule has 2 aliphatic rings. The first-order valence-electron chi connectivity index (χ1n) is 11.3. The Morgan fingerprint density at radius 2 is 1.71 bits per heavy atom. The molecule has 2 amide bonds. The highest BCUT2D eigenvalue weighted by Crippen LogP contribution is 2.26. The number of amides is 2. The van der Waals surface area contributed by atoms with Crippen molar-refractivity contribution in [3.05, 3.63) is 78.1 Å². The highest BCUT2D eigenvalue weighted by Gasteiger charge is 2.33. The van der Waals surface area contributed by atoms with Crippen LogP contribution in [0.15, 0.2) is 60.9 Å². The second-order valence-electron chi connectivity index (χ2n) is 8.65. The molecule has 1 atom stereocenters. The van der Waals surface area contributed by atoms with Crippen molar-refractivity contribution in [2.45, 2.75) is 12.5 Å². The lowest BCUT2D eigenvalue weighted by molar-refractivity contribution is -0.120. The van der Waals surface area contributed by atoms with Crippen molar-refractivity contribution >= 4 is 23.2 Å². The molecular formula is C25H23F2N5O3. The van der Waals surface area contributed by atoms with Crippen molar-refractivity contribution < 1.29 is 23.1 Å². The molecule has 180 valence electrons. The van der Waals surface area contributed by atoms with Gasteiger partial charge in [-0.15, -0.1) is 0 Å². The smallest absolute Gasteiger partial charge is 0.254 e. The number of carbonyl (C=O) groups excluding carboxylic acids is 2. The summed E-state index contributed by atoms with van der Waals surface area (Å²) in [7, 11) is 0. The molecule has 5 rings (SSSR count). The highest BCUT2D eigenvalue weighted by atomic mass is 19.1. The summed E-state index contributed by atoms with van der Waals surface area (Å²) in [4.78, 5) is 28.7. The van der Waals surface area contributed by atoms with Gasteiger partial charge >= 0.3 is 0 Å². The first-order chi connectivity index (χ1) is 16.9. The predicted molar refractivity (Wildman–Crippen MR) is 124 cm³/mol. The maximum atomic E-state index is 13.4. The zero-order chi connectivity index (χ0) is 24.4. The highest BCUT2D eigenvalue weighted by molar-refractivity contribution is 5.95. The van der Waals surface area contributed by atoms with Gasteiger partial charge in [-0.2, -0.15) is 10.2 Å². The SMILES string of the molecule is O=C(Nc1ccc(O[C@@H]2CCN(C(=O)c3cc(F)cc(F)c3)C2)cc1)C1CN(c2ccnnc2)C1. The van der Waals surface area contributed by atoms with Gasteiger partial charge in [0.1, 0.15) is 23.5 Å². The van der Waals surface area contributed by atoms with E-state index in [2.05, 4.69) is 20.4 Å². The monoisotopic (exact) mass is 479 g/mol. The average molecular weight is 479 g/mol. The number of nitrogens with zero attached hydrogens (tertiary/aromatic N) is 4. The van der Waals surface area contributed by atoms with Crippen LogP contribution in [-0.2, 0) is 4.79 Å². The number of carbonyl (C=O) groups is 2. The standard InChI is InChI=1S/C25H23F2N5O3/c26-18-9-16(10-19(27)11-18)25(34)31-8-6-23(15-31)35-22-3-1-20(2-4-22)30-24(33)17-13-32(14-17)21-5-7-28-29-12-21/h1-5,7,9-12,17,23H,6,8,13-15H2,(H,30,33)/t23-/m1/s1. The molecule has 0 bridgehead atoms. The van der Waals surface area contributed by atoms with Gasteiger partial charge in [0.2, 0.25) is 5.91 Å². The van der Waals surface area contributed by atoms with Crippen LogP contribution in [0.3, 0.4) is 0 Å². The van der Waals surface area contributed by atoms with Gasteiger partial charge in [-0.05, 0) is 42.5 Å². The van der Waals surface area contributed by atoms with Crippen molar-refractivity contribution in [2.75, 3.05) is 36.4 Å². The van der Waals surface area contributed by atoms with E-state index in [1.54, 1.807) is 36.7 Å². The molecule has 3 heterocycles. The normalized spacial score (nSPS) is 17.7. The second-order valence-corrected chi connectivity index (χ2v) is 8.65. The zero-order valence-electron chi connectivity index (χ0n) is 18.7. The van der Waals surface area contributed by atoms with Crippen molar-refractivity contribution in [3.8, 4) is 5.75 Å². The van der Waals surface area contributed by atoms with E-state index < -0.39 is 17.5 Å². The van der Waals surface area contributed by atoms with Gasteiger partial charge in [-0.1, -0.05) is 0 Å². The molecule has 0 unspecified atom stereocenters. The summed E-state index contributed by atoms with van der Waals surface area (Å²) in [5.74, 6) is -1.54. The van der Waals surface area contributed by atoms with E-state index in [1.807, 2.05) is 6.07 Å². The number of aromatic nitrogens is 2. The van der Waals surface area contributed by atoms with E-state index in [0.717, 1.165) is 23.9 Å². The fraction of sp³-hybridized carbons (Fsp3) is 0.280. The molecule has 3 aromatic rings. The van der Waals surface area contributed by atoms with Crippen molar-refractivity contribution in [1.82, 2.24) is 15.1 Å². The Bertz CT molecular complexity index is 1200. The van der Waals surface area contributed by atoms with Crippen molar-refractivity contribution in [1.29, 1.82) is 0 Å². The Kier molecular flexibility index (Phi) is 6.26. The lowest BCUT2D eigenvalue weighted by Gasteiger charge is -2.39. The lowest BCUT2D eigenvalue weighted by Crippen LogP contribution is -2.52. The van der Waals surface area contributed by atoms with E-state index in [9.17, 15) is 18.4 Å². The van der Waals surface area contributed by atoms with Crippen LogP contribution >= 0.6 is 0 Å². The predicted octanol–water partition coefficient (Wildman–Crippen LogP) is 3.12. The largest absolute Gasteiger partial charge is 0.489 e. The van der Waals surface area contributed by atoms with E-state index in [0.29, 0.717) is 44.0 Å². The van der Waals surface area contributed by atoms with Gasteiger partial charge < -0.3 is 19.9 Å². The van der Waals surface area contributed by atoms with Crippen LogP contribution in [0.4, 0.5) is 20.2 Å². The molecule has 1 aromatic heterocycles. The molecule has 2 aromatic carbocycles.